The first kappa shape index (κ1) is 16.5. The van der Waals surface area contributed by atoms with Gasteiger partial charge in [-0.2, -0.15) is 0 Å². The molecule has 1 aromatic rings. The van der Waals surface area contributed by atoms with Crippen molar-refractivity contribution in [3.63, 3.8) is 0 Å². The third kappa shape index (κ3) is 2.50. The molecule has 2 fully saturated rings. The highest BCUT2D eigenvalue weighted by atomic mass is 16.5. The summed E-state index contributed by atoms with van der Waals surface area (Å²) in [6.45, 7) is 13.3. The van der Waals surface area contributed by atoms with Crippen molar-refractivity contribution in [3.05, 3.63) is 34.4 Å². The van der Waals surface area contributed by atoms with Gasteiger partial charge in [0.15, 0.2) is 0 Å². The topological polar surface area (TPSA) is 29.5 Å². The Morgan fingerprint density at radius 2 is 1.87 bits per heavy atom. The average molecular weight is 315 g/mol. The number of fused-ring (bicyclic) bond motifs is 1. The van der Waals surface area contributed by atoms with Crippen molar-refractivity contribution in [2.75, 3.05) is 26.8 Å². The summed E-state index contributed by atoms with van der Waals surface area (Å²) in [6.07, 6.45) is 1.15. The van der Waals surface area contributed by atoms with E-state index in [0.29, 0.717) is 11.3 Å². The van der Waals surface area contributed by atoms with Crippen LogP contribution in [0.2, 0.25) is 0 Å². The molecule has 1 heterocycles. The monoisotopic (exact) mass is 315 g/mol. The van der Waals surface area contributed by atoms with Crippen LogP contribution < -0.4 is 0 Å². The smallest absolute Gasteiger partial charge is 0.254 e. The van der Waals surface area contributed by atoms with E-state index in [1.54, 1.807) is 7.11 Å². The normalized spacial score (nSPS) is 28.4. The SMILES string of the molecule is COC[C@@]12CN(C(=O)c3cc(C)c(C)cc3C)C[C@@H]1C(C)(C)C2. The molecular formula is C20H29NO2. The van der Waals surface area contributed by atoms with Gasteiger partial charge in [0, 0.05) is 31.2 Å². The minimum absolute atomic E-state index is 0.168. The molecule has 3 rings (SSSR count). The summed E-state index contributed by atoms with van der Waals surface area (Å²) >= 11 is 0. The van der Waals surface area contributed by atoms with Crippen LogP contribution in [-0.4, -0.2) is 37.6 Å². The quantitative estimate of drug-likeness (QED) is 0.850. The maximum atomic E-state index is 13.1. The lowest BCUT2D eigenvalue weighted by molar-refractivity contribution is -0.107. The van der Waals surface area contributed by atoms with Gasteiger partial charge < -0.3 is 9.64 Å². The molecular weight excluding hydrogens is 286 g/mol. The summed E-state index contributed by atoms with van der Waals surface area (Å²) < 4.78 is 5.50. The number of amides is 1. The Kier molecular flexibility index (Phi) is 3.83. The summed E-state index contributed by atoms with van der Waals surface area (Å²) in [7, 11) is 1.77. The van der Waals surface area contributed by atoms with Crippen molar-refractivity contribution in [1.29, 1.82) is 0 Å². The maximum Gasteiger partial charge on any atom is 0.254 e. The van der Waals surface area contributed by atoms with Gasteiger partial charge >= 0.3 is 0 Å². The van der Waals surface area contributed by atoms with E-state index < -0.39 is 0 Å². The minimum Gasteiger partial charge on any atom is -0.384 e. The number of ether oxygens (including phenoxy) is 1. The predicted molar refractivity (Wildman–Crippen MR) is 92.8 cm³/mol. The summed E-state index contributed by atoms with van der Waals surface area (Å²) in [6, 6.07) is 4.18. The fraction of sp³-hybridized carbons (Fsp3) is 0.650. The number of carbonyl (C=O) groups excluding carboxylic acids is 1. The Balaban J connectivity index is 1.86. The van der Waals surface area contributed by atoms with Crippen LogP contribution in [0.1, 0.15) is 47.3 Å². The first-order valence-corrected chi connectivity index (χ1v) is 8.56. The van der Waals surface area contributed by atoms with Crippen LogP contribution in [-0.2, 0) is 4.74 Å². The Bertz CT molecular complexity index is 649. The third-order valence-corrected chi connectivity index (χ3v) is 6.19. The zero-order valence-corrected chi connectivity index (χ0v) is 15.3. The number of nitrogens with zero attached hydrogens (tertiary/aromatic N) is 1. The van der Waals surface area contributed by atoms with Crippen LogP contribution in [0.4, 0.5) is 0 Å². The fourth-order valence-corrected chi connectivity index (χ4v) is 5.12. The van der Waals surface area contributed by atoms with E-state index in [-0.39, 0.29) is 11.3 Å². The second kappa shape index (κ2) is 5.34. The molecule has 0 aromatic heterocycles. The second-order valence-electron chi connectivity index (χ2n) is 8.45. The lowest BCUT2D eigenvalue weighted by Crippen LogP contribution is -2.55. The van der Waals surface area contributed by atoms with Gasteiger partial charge in [-0.05, 0) is 61.3 Å². The molecule has 0 N–H and O–H groups in total. The molecule has 0 bridgehead atoms. The lowest BCUT2D eigenvalue weighted by atomic mass is 9.48. The molecule has 23 heavy (non-hydrogen) atoms. The van der Waals surface area contributed by atoms with E-state index >= 15 is 0 Å². The van der Waals surface area contributed by atoms with E-state index in [2.05, 4.69) is 44.7 Å². The molecule has 126 valence electrons. The Labute approximate surface area is 140 Å². The van der Waals surface area contributed by atoms with Gasteiger partial charge in [-0.3, -0.25) is 4.79 Å². The molecule has 1 saturated carbocycles. The standard InChI is InChI=1S/C20H29NO2/c1-13-7-15(3)16(8-14(13)2)18(22)21-9-17-19(4,5)10-20(17,11-21)12-23-6/h7-8,17H,9-12H2,1-6H3/t17-,20-/m1/s1. The maximum absolute atomic E-state index is 13.1. The highest BCUT2D eigenvalue weighted by Crippen LogP contribution is 2.62. The first-order chi connectivity index (χ1) is 10.7. The van der Waals surface area contributed by atoms with E-state index in [9.17, 15) is 4.79 Å². The molecule has 0 unspecified atom stereocenters. The molecule has 1 amide bonds. The molecule has 3 heteroatoms. The van der Waals surface area contributed by atoms with Gasteiger partial charge in [-0.25, -0.2) is 0 Å². The number of carbonyl (C=O) groups is 1. The number of benzene rings is 1. The fourth-order valence-electron chi connectivity index (χ4n) is 5.12. The zero-order valence-electron chi connectivity index (χ0n) is 15.3. The minimum atomic E-state index is 0.168. The number of hydrogen-bond acceptors (Lipinski definition) is 2. The van der Waals surface area contributed by atoms with Crippen LogP contribution in [0.25, 0.3) is 0 Å². The van der Waals surface area contributed by atoms with Crippen LogP contribution in [0.3, 0.4) is 0 Å². The van der Waals surface area contributed by atoms with Crippen molar-refractivity contribution in [2.45, 2.75) is 41.0 Å². The van der Waals surface area contributed by atoms with Gasteiger partial charge in [0.05, 0.1) is 6.61 Å². The number of rotatable bonds is 3. The Morgan fingerprint density at radius 3 is 2.48 bits per heavy atom. The van der Waals surface area contributed by atoms with Gasteiger partial charge in [-0.1, -0.05) is 19.9 Å². The van der Waals surface area contributed by atoms with Gasteiger partial charge in [-0.15, -0.1) is 0 Å². The van der Waals surface area contributed by atoms with E-state index in [4.69, 9.17) is 4.74 Å². The van der Waals surface area contributed by atoms with Crippen LogP contribution >= 0.6 is 0 Å². The largest absolute Gasteiger partial charge is 0.384 e. The average Bonchev–Trinajstić information content (AvgIpc) is 2.77. The van der Waals surface area contributed by atoms with Crippen molar-refractivity contribution in [2.24, 2.45) is 16.7 Å². The van der Waals surface area contributed by atoms with Crippen molar-refractivity contribution >= 4 is 5.91 Å². The molecule has 0 spiro atoms. The second-order valence-corrected chi connectivity index (χ2v) is 8.45. The molecule has 1 aliphatic heterocycles. The molecule has 1 aromatic carbocycles. The summed E-state index contributed by atoms with van der Waals surface area (Å²) in [4.78, 5) is 15.2. The summed E-state index contributed by atoms with van der Waals surface area (Å²) in [5, 5.41) is 0. The molecule has 2 aliphatic rings. The van der Waals surface area contributed by atoms with Crippen molar-refractivity contribution < 1.29 is 9.53 Å². The molecule has 1 aliphatic carbocycles. The number of aryl methyl sites for hydroxylation is 3. The molecule has 3 nitrogen and oxygen atoms in total. The van der Waals surface area contributed by atoms with Crippen LogP contribution in [0, 0.1) is 37.5 Å². The highest BCUT2D eigenvalue weighted by Gasteiger charge is 2.63. The Morgan fingerprint density at radius 1 is 1.22 bits per heavy atom. The Hall–Kier alpha value is -1.35. The summed E-state index contributed by atoms with van der Waals surface area (Å²) in [5.41, 5.74) is 4.86. The number of hydrogen-bond donors (Lipinski definition) is 0. The van der Waals surface area contributed by atoms with Gasteiger partial charge in [0.2, 0.25) is 0 Å². The lowest BCUT2D eigenvalue weighted by Gasteiger charge is -2.56. The highest BCUT2D eigenvalue weighted by molar-refractivity contribution is 5.96. The molecule has 2 atom stereocenters. The first-order valence-electron chi connectivity index (χ1n) is 8.56. The number of likely N-dealkylation sites (tertiary alicyclic amines) is 1. The van der Waals surface area contributed by atoms with E-state index in [1.807, 2.05) is 6.92 Å². The van der Waals surface area contributed by atoms with Gasteiger partial charge in [0.25, 0.3) is 5.91 Å². The third-order valence-electron chi connectivity index (χ3n) is 6.19. The molecule has 1 saturated heterocycles. The van der Waals surface area contributed by atoms with Crippen molar-refractivity contribution in [1.82, 2.24) is 4.90 Å². The van der Waals surface area contributed by atoms with Crippen LogP contribution in [0.5, 0.6) is 0 Å². The van der Waals surface area contributed by atoms with Crippen LogP contribution in [0.15, 0.2) is 12.1 Å². The number of methoxy groups -OCH3 is 1. The van der Waals surface area contributed by atoms with E-state index in [1.165, 1.54) is 11.1 Å². The van der Waals surface area contributed by atoms with Crippen molar-refractivity contribution in [3.8, 4) is 0 Å². The zero-order chi connectivity index (χ0) is 17.0. The van der Waals surface area contributed by atoms with Gasteiger partial charge in [0.1, 0.15) is 0 Å². The molecule has 0 radical (unpaired) electrons. The van der Waals surface area contributed by atoms with E-state index in [0.717, 1.165) is 37.2 Å². The summed E-state index contributed by atoms with van der Waals surface area (Å²) in [5.74, 6) is 0.733. The predicted octanol–water partition coefficient (Wildman–Crippen LogP) is 3.75.